The van der Waals surface area contributed by atoms with Crippen molar-refractivity contribution in [2.45, 2.75) is 177 Å². The summed E-state index contributed by atoms with van der Waals surface area (Å²) in [7, 11) is 0. The van der Waals surface area contributed by atoms with E-state index in [9.17, 15) is 40.9 Å². The number of aromatic amines is 4. The highest BCUT2D eigenvalue weighted by Crippen LogP contribution is 2.46. The number of halogens is 8. The summed E-state index contributed by atoms with van der Waals surface area (Å²) >= 11 is 5.87. The van der Waals surface area contributed by atoms with Crippen molar-refractivity contribution in [3.63, 3.8) is 0 Å². The van der Waals surface area contributed by atoms with E-state index in [0.717, 1.165) is 52.8 Å². The minimum Gasteiger partial charge on any atom is -0.391 e. The SMILES string of the molecule is Cc1nc(Nc2cc(C3CC3)[nH]n2)nc(N2CC(F)CC2c2ccc(Cl)cc2F)n1.Cc1nc(Nc2cc(C3CC3)[nH]n2)nc(N2CC(F)CC2c2ccc(F)cc2)n1.Cc1nc(Nc2cc(C3CC3)[nH]n2)nc(N2CC(O)CC2c2ccc(F)cc2)n1.Cc1nc(Nc2cc(C3CC3)[nH]n2)nc(N2CC(O)CC2c2ccc(F)cc2F)n1. The Morgan fingerprint density at radius 1 is 0.347 bits per heavy atom. The topological polar surface area (TPSA) is 371 Å². The summed E-state index contributed by atoms with van der Waals surface area (Å²) in [6.45, 7) is 7.93. The standard InChI is InChI=1S/C20H20ClF2N7.C20H21F2N7O.C20H21F2N7.C20H22FN7O/c1-10-24-19(26-18-8-16(28-29-18)11-2-3-11)27-20(25-10)30-9-13(22)7-17(30)14-5-4-12(21)6-15(14)23;1-10-23-19(25-18-8-16(27-28-18)11-2-3-11)26-20(24-10)29-9-13(30)7-17(29)14-5-4-12(21)6-15(14)22;1-11-23-19(25-18-9-16(27-28-18)12-2-3-12)26-20(24-11)29-10-15(22)8-17(29)13-4-6-14(21)7-5-13;1-11-22-19(24-18-9-16(26-27-18)12-2-3-12)25-20(23-11)28-10-15(29)8-17(28)13-4-6-14(21)7-5-13/h4-6,8,11,13,17H,2-3,7,9H2,1H3,(H2,24,25,26,27,28,29);4-6,8,11,13,17,30H,2-3,7,9H2,1H3,(H2,23,24,25,26,27,28);4-7,9,12,15,17H,2-3,8,10H2,1H3,(H2,23,24,25,26,27,28);4-7,9,12,15,17,29H,2-3,8,10H2,1H3,(H2,22,23,24,25,26,27). The van der Waals surface area contributed by atoms with Crippen molar-refractivity contribution in [2.75, 3.05) is 67.0 Å². The van der Waals surface area contributed by atoms with E-state index in [1.165, 1.54) is 81.0 Å². The number of H-pyrrole nitrogens is 4. The van der Waals surface area contributed by atoms with E-state index in [1.807, 2.05) is 34.1 Å². The molecule has 10 N–H and O–H groups in total. The van der Waals surface area contributed by atoms with Crippen LogP contribution in [0.3, 0.4) is 0 Å². The monoisotopic (exact) mass is 1640 g/mol. The molecule has 4 aliphatic heterocycles. The average Bonchev–Trinajstić information content (AvgIpc) is 1.66. The molecule has 12 heterocycles. The molecule has 8 unspecified atom stereocenters. The van der Waals surface area contributed by atoms with Crippen LogP contribution in [0.25, 0.3) is 0 Å². The summed E-state index contributed by atoms with van der Waals surface area (Å²) < 4.78 is 97.5. The van der Waals surface area contributed by atoms with Crippen LogP contribution in [-0.2, 0) is 0 Å². The predicted molar refractivity (Wildman–Crippen MR) is 425 cm³/mol. The van der Waals surface area contributed by atoms with Gasteiger partial charge in [0.15, 0.2) is 23.3 Å². The van der Waals surface area contributed by atoms with Gasteiger partial charge in [-0.2, -0.15) is 80.2 Å². The molecule has 0 bridgehead atoms. The predicted octanol–water partition coefficient (Wildman–Crippen LogP) is 14.6. The molecule has 118 heavy (non-hydrogen) atoms. The van der Waals surface area contributed by atoms with Crippen LogP contribution in [0.1, 0.15) is 193 Å². The maximum Gasteiger partial charge on any atom is 0.233 e. The van der Waals surface area contributed by atoms with Gasteiger partial charge in [-0.15, -0.1) is 0 Å². The molecule has 8 fully saturated rings. The van der Waals surface area contributed by atoms with Gasteiger partial charge in [0.2, 0.25) is 47.6 Å². The van der Waals surface area contributed by atoms with Gasteiger partial charge in [-0.1, -0.05) is 48.0 Å². The molecule has 8 atom stereocenters. The van der Waals surface area contributed by atoms with E-state index >= 15 is 0 Å². The number of nitrogens with one attached hydrogen (secondary N) is 8. The van der Waals surface area contributed by atoms with Crippen molar-refractivity contribution in [2.24, 2.45) is 0 Å². The van der Waals surface area contributed by atoms with Gasteiger partial charge in [-0.3, -0.25) is 20.4 Å². The van der Waals surface area contributed by atoms with Gasteiger partial charge in [0, 0.05) is 119 Å². The Morgan fingerprint density at radius 2 is 0.644 bits per heavy atom. The van der Waals surface area contributed by atoms with Crippen molar-refractivity contribution < 1.29 is 40.9 Å². The van der Waals surface area contributed by atoms with Crippen molar-refractivity contribution in [1.82, 2.24) is 101 Å². The molecule has 4 saturated carbocycles. The lowest BCUT2D eigenvalue weighted by Gasteiger charge is -2.25. The molecule has 30 nitrogen and oxygen atoms in total. The third-order valence-electron chi connectivity index (χ3n) is 21.6. The molecule has 4 aromatic carbocycles. The van der Waals surface area contributed by atoms with Gasteiger partial charge >= 0.3 is 0 Å². The van der Waals surface area contributed by atoms with E-state index in [1.54, 1.807) is 73.9 Å². The lowest BCUT2D eigenvalue weighted by Crippen LogP contribution is -2.27. The highest BCUT2D eigenvalue weighted by atomic mass is 35.5. The Labute approximate surface area is 676 Å². The largest absolute Gasteiger partial charge is 0.391 e. The summed E-state index contributed by atoms with van der Waals surface area (Å²) in [5.74, 6) is 7.28. The number of aliphatic hydroxyl groups is 2. The number of rotatable bonds is 20. The first kappa shape index (κ1) is 78.4. The number of hydrogen-bond acceptors (Lipinski definition) is 26. The van der Waals surface area contributed by atoms with E-state index in [-0.39, 0.29) is 49.8 Å². The van der Waals surface area contributed by atoms with E-state index < -0.39 is 54.1 Å². The zero-order chi connectivity index (χ0) is 81.6. The lowest BCUT2D eigenvalue weighted by molar-refractivity contribution is 0.193. The van der Waals surface area contributed by atoms with Gasteiger partial charge in [0.25, 0.3) is 0 Å². The Kier molecular flexibility index (Phi) is 22.2. The summed E-state index contributed by atoms with van der Waals surface area (Å²) in [5, 5.41) is 62.4. The molecule has 0 radical (unpaired) electrons. The number of aromatic nitrogens is 20. The fourth-order valence-corrected chi connectivity index (χ4v) is 15.5. The van der Waals surface area contributed by atoms with Crippen molar-refractivity contribution in [1.29, 1.82) is 0 Å². The van der Waals surface area contributed by atoms with E-state index in [2.05, 4.69) is 122 Å². The third kappa shape index (κ3) is 18.8. The number of β-amino-alcohol motifs (C(OH)–C–C–N with tert-alkyl or cyclic N) is 2. The van der Waals surface area contributed by atoms with Crippen LogP contribution < -0.4 is 40.9 Å². The molecule has 8 aromatic heterocycles. The highest BCUT2D eigenvalue weighted by molar-refractivity contribution is 6.30. The minimum atomic E-state index is -1.12. The summed E-state index contributed by atoms with van der Waals surface area (Å²) in [6, 6.07) is 26.8. The quantitative estimate of drug-likeness (QED) is 0.0317. The van der Waals surface area contributed by atoms with Crippen molar-refractivity contribution in [3.8, 4) is 0 Å². The summed E-state index contributed by atoms with van der Waals surface area (Å²) in [6.07, 6.45) is 7.37. The fraction of sp³-hybridized carbons (Fsp3) is 0.400. The molecule has 4 aliphatic carbocycles. The molecule has 612 valence electrons. The molecule has 38 heteroatoms. The number of nitrogens with zero attached hydrogens (tertiary/aromatic N) is 20. The number of hydrogen-bond donors (Lipinski definition) is 10. The summed E-state index contributed by atoms with van der Waals surface area (Å²) in [4.78, 5) is 60.2. The number of aryl methyl sites for hydroxylation is 4. The van der Waals surface area contributed by atoms with Crippen LogP contribution in [0.2, 0.25) is 5.02 Å². The van der Waals surface area contributed by atoms with Crippen LogP contribution in [0, 0.1) is 56.8 Å². The second kappa shape index (κ2) is 33.5. The molecule has 0 amide bonds. The zero-order valence-electron chi connectivity index (χ0n) is 64.5. The molecular weight excluding hydrogens is 1550 g/mol. The molecule has 12 aromatic rings. The van der Waals surface area contributed by atoms with E-state index in [4.69, 9.17) is 11.6 Å². The Hall–Kier alpha value is -12.1. The highest BCUT2D eigenvalue weighted by Gasteiger charge is 2.41. The van der Waals surface area contributed by atoms with Gasteiger partial charge in [0.1, 0.15) is 64.7 Å². The van der Waals surface area contributed by atoms with Gasteiger partial charge in [0.05, 0.1) is 49.5 Å². The molecule has 20 rings (SSSR count). The van der Waals surface area contributed by atoms with Gasteiger partial charge in [-0.05, 0) is 145 Å². The second-order valence-corrected chi connectivity index (χ2v) is 31.4. The van der Waals surface area contributed by atoms with Crippen LogP contribution in [-0.4, -0.2) is 162 Å². The molecule has 4 saturated heterocycles. The van der Waals surface area contributed by atoms with Crippen molar-refractivity contribution >= 4 is 82.5 Å². The molecule has 0 spiro atoms. The number of alkyl halides is 2. The minimum absolute atomic E-state index is 0.0733. The van der Waals surface area contributed by atoms with Gasteiger partial charge in [-0.25, -0.2) is 30.7 Å². The maximum atomic E-state index is 14.5. The lowest BCUT2D eigenvalue weighted by atomic mass is 10.0. The van der Waals surface area contributed by atoms with Crippen LogP contribution in [0.5, 0.6) is 0 Å². The number of benzene rings is 4. The first-order valence-electron chi connectivity index (χ1n) is 39.3. The first-order chi connectivity index (χ1) is 57.0. The second-order valence-electron chi connectivity index (χ2n) is 31.0. The normalized spacial score (nSPS) is 21.4. The maximum absolute atomic E-state index is 14.5. The number of anilines is 12. The van der Waals surface area contributed by atoms with Gasteiger partial charge < -0.3 is 51.1 Å². The molecular formula is C80H84ClF7N28O2. The van der Waals surface area contributed by atoms with Crippen LogP contribution in [0.4, 0.5) is 102 Å². The first-order valence-corrected chi connectivity index (χ1v) is 39.7. The zero-order valence-corrected chi connectivity index (χ0v) is 65.3. The van der Waals surface area contributed by atoms with Crippen LogP contribution in [0.15, 0.2) is 109 Å². The number of aliphatic hydroxyl groups excluding tert-OH is 2. The van der Waals surface area contributed by atoms with E-state index in [0.29, 0.717) is 160 Å². The third-order valence-corrected chi connectivity index (χ3v) is 21.8. The molecule has 8 aliphatic rings. The average molecular weight is 1640 g/mol. The Bertz CT molecular complexity index is 5220. The smallest absolute Gasteiger partial charge is 0.233 e. The Balaban J connectivity index is 0.000000113. The van der Waals surface area contributed by atoms with Crippen LogP contribution >= 0.6 is 11.6 Å². The summed E-state index contributed by atoms with van der Waals surface area (Å²) in [5.41, 5.74) is 6.81. The Morgan fingerprint density at radius 3 is 1.00 bits per heavy atom. The van der Waals surface area contributed by atoms with Crippen molar-refractivity contribution in [3.05, 3.63) is 212 Å². The fourth-order valence-electron chi connectivity index (χ4n) is 15.3.